The van der Waals surface area contributed by atoms with Crippen molar-refractivity contribution in [1.29, 1.82) is 0 Å². The number of carboxylic acids is 1. The van der Waals surface area contributed by atoms with Gasteiger partial charge in [-0.15, -0.1) is 0 Å². The Morgan fingerprint density at radius 1 is 1.47 bits per heavy atom. The zero-order chi connectivity index (χ0) is 14.0. The van der Waals surface area contributed by atoms with Gasteiger partial charge in [-0.2, -0.15) is 0 Å². The number of ether oxygens (including phenoxy) is 1. The average molecular weight is 262 g/mol. The summed E-state index contributed by atoms with van der Waals surface area (Å²) in [5, 5.41) is 12.9. The third-order valence-electron chi connectivity index (χ3n) is 2.58. The lowest BCUT2D eigenvalue weighted by molar-refractivity contribution is 0.0688. The number of rotatable bonds is 4. The van der Waals surface area contributed by atoms with E-state index in [1.807, 2.05) is 0 Å². The van der Waals surface area contributed by atoms with Crippen LogP contribution in [0.1, 0.15) is 34.8 Å². The fraction of sp³-hybridized carbons (Fsp3) is 0.231. The molecule has 0 aliphatic carbocycles. The first-order chi connectivity index (χ1) is 8.97. The van der Waals surface area contributed by atoms with Gasteiger partial charge in [0.2, 0.25) is 0 Å². The van der Waals surface area contributed by atoms with Crippen molar-refractivity contribution in [3.63, 3.8) is 0 Å². The molecule has 1 unspecified atom stereocenters. The van der Waals surface area contributed by atoms with E-state index in [9.17, 15) is 4.79 Å². The van der Waals surface area contributed by atoms with Gasteiger partial charge >= 0.3 is 5.97 Å². The van der Waals surface area contributed by atoms with Gasteiger partial charge in [0, 0.05) is 11.8 Å². The number of carbonyl (C=O) groups is 1. The van der Waals surface area contributed by atoms with Gasteiger partial charge in [0.1, 0.15) is 11.3 Å². The molecule has 0 saturated carbocycles. The minimum absolute atomic E-state index is 0.0167. The maximum absolute atomic E-state index is 11.1. The number of nitrogens with two attached hydrogens (primary N) is 1. The average Bonchev–Trinajstić information content (AvgIpc) is 2.78. The van der Waals surface area contributed by atoms with Crippen molar-refractivity contribution >= 4 is 11.7 Å². The summed E-state index contributed by atoms with van der Waals surface area (Å²) in [6, 6.07) is 6.21. The Bertz CT molecular complexity index is 606. The van der Waals surface area contributed by atoms with Crippen molar-refractivity contribution < 1.29 is 19.2 Å². The first kappa shape index (κ1) is 12.9. The van der Waals surface area contributed by atoms with Gasteiger partial charge in [0.05, 0.1) is 5.69 Å². The van der Waals surface area contributed by atoms with E-state index in [4.69, 9.17) is 20.1 Å². The second-order valence-electron chi connectivity index (χ2n) is 4.19. The topological polar surface area (TPSA) is 98.6 Å². The molecular formula is C13H14N2O4. The second-order valence-corrected chi connectivity index (χ2v) is 4.19. The van der Waals surface area contributed by atoms with Gasteiger partial charge in [-0.1, -0.05) is 5.16 Å². The number of hydrogen-bond donors (Lipinski definition) is 2. The molecule has 1 aromatic heterocycles. The zero-order valence-electron chi connectivity index (χ0n) is 10.6. The summed E-state index contributed by atoms with van der Waals surface area (Å²) in [4.78, 5) is 11.1. The van der Waals surface area contributed by atoms with Crippen LogP contribution in [0.15, 0.2) is 28.8 Å². The van der Waals surface area contributed by atoms with Gasteiger partial charge in [-0.3, -0.25) is 0 Å². The number of aromatic nitrogens is 1. The molecule has 0 aliphatic heterocycles. The van der Waals surface area contributed by atoms with E-state index in [0.717, 1.165) is 5.69 Å². The molecule has 1 heterocycles. The SMILES string of the molecule is Cc1cc(C(C)Oc2ccc(N)cc2C(=O)O)on1. The van der Waals surface area contributed by atoms with Gasteiger partial charge in [0.15, 0.2) is 11.9 Å². The molecule has 6 nitrogen and oxygen atoms in total. The van der Waals surface area contributed by atoms with Crippen molar-refractivity contribution in [2.24, 2.45) is 0 Å². The molecule has 1 atom stereocenters. The maximum atomic E-state index is 11.1. The second kappa shape index (κ2) is 5.01. The Morgan fingerprint density at radius 3 is 2.79 bits per heavy atom. The highest BCUT2D eigenvalue weighted by atomic mass is 16.5. The monoisotopic (exact) mass is 262 g/mol. The molecule has 1 aromatic carbocycles. The summed E-state index contributed by atoms with van der Waals surface area (Å²) >= 11 is 0. The lowest BCUT2D eigenvalue weighted by Crippen LogP contribution is -2.07. The van der Waals surface area contributed by atoms with Crippen LogP contribution >= 0.6 is 0 Å². The van der Waals surface area contributed by atoms with E-state index < -0.39 is 12.1 Å². The normalized spacial score (nSPS) is 12.1. The van der Waals surface area contributed by atoms with Crippen LogP contribution in [0.4, 0.5) is 5.69 Å². The maximum Gasteiger partial charge on any atom is 0.339 e. The summed E-state index contributed by atoms with van der Waals surface area (Å²) in [6.45, 7) is 3.55. The number of carboxylic acid groups (broad SMARTS) is 1. The molecule has 0 spiro atoms. The predicted octanol–water partition coefficient (Wildman–Crippen LogP) is 2.40. The predicted molar refractivity (Wildman–Crippen MR) is 68.1 cm³/mol. The van der Waals surface area contributed by atoms with Crippen LogP contribution < -0.4 is 10.5 Å². The number of benzene rings is 1. The molecule has 0 fully saturated rings. The van der Waals surface area contributed by atoms with Gasteiger partial charge in [-0.05, 0) is 32.0 Å². The molecule has 6 heteroatoms. The fourth-order valence-electron chi connectivity index (χ4n) is 1.64. The summed E-state index contributed by atoms with van der Waals surface area (Å²) in [5.41, 5.74) is 6.69. The summed E-state index contributed by atoms with van der Waals surface area (Å²) < 4.78 is 10.7. The Morgan fingerprint density at radius 2 is 2.21 bits per heavy atom. The van der Waals surface area contributed by atoms with Crippen LogP contribution in [0, 0.1) is 6.92 Å². The molecule has 0 radical (unpaired) electrons. The number of anilines is 1. The molecule has 0 aliphatic rings. The number of hydrogen-bond acceptors (Lipinski definition) is 5. The zero-order valence-corrected chi connectivity index (χ0v) is 10.6. The minimum atomic E-state index is -1.09. The van der Waals surface area contributed by atoms with E-state index in [-0.39, 0.29) is 11.3 Å². The molecule has 19 heavy (non-hydrogen) atoms. The van der Waals surface area contributed by atoms with E-state index in [1.165, 1.54) is 12.1 Å². The Hall–Kier alpha value is -2.50. The van der Waals surface area contributed by atoms with Crippen LogP contribution in [-0.2, 0) is 0 Å². The lowest BCUT2D eigenvalue weighted by atomic mass is 10.1. The first-order valence-corrected chi connectivity index (χ1v) is 5.70. The molecule has 0 bridgehead atoms. The van der Waals surface area contributed by atoms with Crippen LogP contribution in [0.2, 0.25) is 0 Å². The van der Waals surface area contributed by atoms with Crippen molar-refractivity contribution in [2.75, 3.05) is 5.73 Å². The third kappa shape index (κ3) is 2.85. The van der Waals surface area contributed by atoms with E-state index in [0.29, 0.717) is 11.4 Å². The molecule has 2 rings (SSSR count). The highest BCUT2D eigenvalue weighted by Crippen LogP contribution is 2.27. The number of nitrogen functional groups attached to an aromatic ring is 1. The van der Waals surface area contributed by atoms with E-state index in [2.05, 4.69) is 5.16 Å². The molecule has 100 valence electrons. The van der Waals surface area contributed by atoms with Crippen LogP contribution in [0.5, 0.6) is 5.75 Å². The van der Waals surface area contributed by atoms with Crippen molar-refractivity contribution in [1.82, 2.24) is 5.16 Å². The molecule has 0 saturated heterocycles. The standard InChI is InChI=1S/C13H14N2O4/c1-7-5-12(19-15-7)8(2)18-11-4-3-9(14)6-10(11)13(16)17/h3-6,8H,14H2,1-2H3,(H,16,17). The number of nitrogens with zero attached hydrogens (tertiary/aromatic N) is 1. The summed E-state index contributed by atoms with van der Waals surface area (Å²) in [5.74, 6) is -0.322. The van der Waals surface area contributed by atoms with Gasteiger partial charge in [0.25, 0.3) is 0 Å². The van der Waals surface area contributed by atoms with Gasteiger partial charge in [-0.25, -0.2) is 4.79 Å². The molecular weight excluding hydrogens is 248 g/mol. The van der Waals surface area contributed by atoms with Crippen molar-refractivity contribution in [3.05, 3.63) is 41.3 Å². The largest absolute Gasteiger partial charge is 0.482 e. The van der Waals surface area contributed by atoms with Crippen LogP contribution in [0.3, 0.4) is 0 Å². The molecule has 3 N–H and O–H groups in total. The van der Waals surface area contributed by atoms with E-state index >= 15 is 0 Å². The highest BCUT2D eigenvalue weighted by molar-refractivity contribution is 5.92. The van der Waals surface area contributed by atoms with Crippen molar-refractivity contribution in [2.45, 2.75) is 20.0 Å². The Kier molecular flexibility index (Phi) is 3.41. The third-order valence-corrected chi connectivity index (χ3v) is 2.58. The van der Waals surface area contributed by atoms with Gasteiger partial charge < -0.3 is 20.1 Å². The Labute approximate surface area is 109 Å². The number of aryl methyl sites for hydroxylation is 1. The Balaban J connectivity index is 2.26. The van der Waals surface area contributed by atoms with Crippen molar-refractivity contribution in [3.8, 4) is 5.75 Å². The van der Waals surface area contributed by atoms with Crippen LogP contribution in [-0.4, -0.2) is 16.2 Å². The van der Waals surface area contributed by atoms with E-state index in [1.54, 1.807) is 26.0 Å². The highest BCUT2D eigenvalue weighted by Gasteiger charge is 2.17. The fourth-order valence-corrected chi connectivity index (χ4v) is 1.64. The quantitative estimate of drug-likeness (QED) is 0.821. The number of aromatic carboxylic acids is 1. The smallest absolute Gasteiger partial charge is 0.339 e. The summed E-state index contributed by atoms with van der Waals surface area (Å²) in [6.07, 6.45) is -0.442. The molecule has 0 amide bonds. The first-order valence-electron chi connectivity index (χ1n) is 5.70. The van der Waals surface area contributed by atoms with Crippen LogP contribution in [0.25, 0.3) is 0 Å². The molecule has 2 aromatic rings. The summed E-state index contributed by atoms with van der Waals surface area (Å²) in [7, 11) is 0. The minimum Gasteiger partial charge on any atom is -0.482 e. The lowest BCUT2D eigenvalue weighted by Gasteiger charge is -2.14.